The van der Waals surface area contributed by atoms with Gasteiger partial charge in [0.1, 0.15) is 17.2 Å². The third kappa shape index (κ3) is 4.78. The van der Waals surface area contributed by atoms with Crippen molar-refractivity contribution in [1.82, 2.24) is 5.01 Å². The molecule has 174 valence electrons. The van der Waals surface area contributed by atoms with E-state index in [1.54, 1.807) is 44.6 Å². The van der Waals surface area contributed by atoms with Crippen LogP contribution in [0.2, 0.25) is 0 Å². The van der Waals surface area contributed by atoms with Gasteiger partial charge >= 0.3 is 5.97 Å². The van der Waals surface area contributed by atoms with Crippen molar-refractivity contribution >= 4 is 17.6 Å². The number of benzene rings is 3. The van der Waals surface area contributed by atoms with Crippen LogP contribution in [0.5, 0.6) is 17.2 Å². The summed E-state index contributed by atoms with van der Waals surface area (Å²) in [5.41, 5.74) is 3.69. The summed E-state index contributed by atoms with van der Waals surface area (Å²) < 4.78 is 16.4. The average Bonchev–Trinajstić information content (AvgIpc) is 3.30. The Morgan fingerprint density at radius 2 is 1.56 bits per heavy atom. The smallest absolute Gasteiger partial charge is 0.343 e. The van der Waals surface area contributed by atoms with E-state index in [4.69, 9.17) is 14.2 Å². The molecule has 1 aliphatic heterocycles. The van der Waals surface area contributed by atoms with E-state index in [1.165, 1.54) is 11.9 Å². The van der Waals surface area contributed by atoms with Crippen molar-refractivity contribution < 1.29 is 23.8 Å². The summed E-state index contributed by atoms with van der Waals surface area (Å²) in [4.78, 5) is 25.2. The highest BCUT2D eigenvalue weighted by atomic mass is 16.5. The lowest BCUT2D eigenvalue weighted by molar-refractivity contribution is -0.130. The minimum Gasteiger partial charge on any atom is -0.497 e. The molecule has 3 aromatic rings. The minimum absolute atomic E-state index is 0.178. The summed E-state index contributed by atoms with van der Waals surface area (Å²) in [6.07, 6.45) is 0.466. The molecule has 0 radical (unpaired) electrons. The highest BCUT2D eigenvalue weighted by Crippen LogP contribution is 2.37. The normalized spacial score (nSPS) is 15.0. The monoisotopic (exact) mass is 458 g/mol. The molecule has 1 atom stereocenters. The number of amides is 1. The van der Waals surface area contributed by atoms with Crippen LogP contribution in [0.25, 0.3) is 0 Å². The van der Waals surface area contributed by atoms with Crippen LogP contribution in [0.4, 0.5) is 0 Å². The Balaban J connectivity index is 1.67. The van der Waals surface area contributed by atoms with Crippen LogP contribution in [-0.4, -0.2) is 36.8 Å². The maximum Gasteiger partial charge on any atom is 0.343 e. The lowest BCUT2D eigenvalue weighted by Gasteiger charge is -2.20. The molecule has 3 aromatic carbocycles. The first-order chi connectivity index (χ1) is 16.4. The fourth-order valence-corrected chi connectivity index (χ4v) is 3.85. The third-order valence-corrected chi connectivity index (χ3v) is 5.72. The quantitative estimate of drug-likeness (QED) is 0.387. The Labute approximate surface area is 198 Å². The van der Waals surface area contributed by atoms with E-state index in [-0.39, 0.29) is 11.9 Å². The van der Waals surface area contributed by atoms with Crippen molar-refractivity contribution in [3.8, 4) is 17.2 Å². The van der Waals surface area contributed by atoms with Gasteiger partial charge in [0.05, 0.1) is 31.5 Å². The molecule has 0 saturated carbocycles. The Kier molecular flexibility index (Phi) is 6.63. The van der Waals surface area contributed by atoms with Crippen LogP contribution in [-0.2, 0) is 4.79 Å². The molecule has 7 heteroatoms. The number of ether oxygens (including phenoxy) is 3. The van der Waals surface area contributed by atoms with E-state index in [0.717, 1.165) is 16.9 Å². The second-order valence-electron chi connectivity index (χ2n) is 8.02. The van der Waals surface area contributed by atoms with E-state index >= 15 is 0 Å². The first-order valence-electron chi connectivity index (χ1n) is 10.9. The third-order valence-electron chi connectivity index (χ3n) is 5.72. The number of hydrogen-bond donors (Lipinski definition) is 0. The average molecular weight is 459 g/mol. The Bertz CT molecular complexity index is 1230. The van der Waals surface area contributed by atoms with Crippen LogP contribution in [0.1, 0.15) is 46.4 Å². The van der Waals surface area contributed by atoms with Gasteiger partial charge in [0.15, 0.2) is 0 Å². The topological polar surface area (TPSA) is 77.4 Å². The summed E-state index contributed by atoms with van der Waals surface area (Å²) in [6.45, 7) is 3.43. The minimum atomic E-state index is -0.483. The molecule has 0 saturated heterocycles. The summed E-state index contributed by atoms with van der Waals surface area (Å²) in [7, 11) is 3.15. The molecule has 1 heterocycles. The molecular weight excluding hydrogens is 432 g/mol. The molecule has 0 unspecified atom stereocenters. The van der Waals surface area contributed by atoms with Gasteiger partial charge in [0, 0.05) is 25.0 Å². The van der Waals surface area contributed by atoms with Gasteiger partial charge in [-0.1, -0.05) is 29.8 Å². The molecule has 1 amide bonds. The van der Waals surface area contributed by atoms with Crippen LogP contribution in [0.15, 0.2) is 71.8 Å². The van der Waals surface area contributed by atoms with Crippen molar-refractivity contribution in [2.75, 3.05) is 14.2 Å². The number of rotatable bonds is 6. The molecule has 0 bridgehead atoms. The maximum atomic E-state index is 12.8. The first-order valence-corrected chi connectivity index (χ1v) is 10.9. The molecule has 0 aromatic heterocycles. The van der Waals surface area contributed by atoms with Gasteiger partial charge in [-0.25, -0.2) is 9.80 Å². The predicted octanol–water partition coefficient (Wildman–Crippen LogP) is 4.93. The molecule has 0 N–H and O–H groups in total. The van der Waals surface area contributed by atoms with Crippen molar-refractivity contribution in [2.24, 2.45) is 5.10 Å². The molecule has 0 aliphatic carbocycles. The summed E-state index contributed by atoms with van der Waals surface area (Å²) in [6, 6.07) is 19.7. The van der Waals surface area contributed by atoms with Gasteiger partial charge in [-0.05, 0) is 48.9 Å². The van der Waals surface area contributed by atoms with Crippen molar-refractivity contribution in [3.05, 3.63) is 89.0 Å². The van der Waals surface area contributed by atoms with E-state index in [1.807, 2.05) is 43.3 Å². The Morgan fingerprint density at radius 3 is 2.18 bits per heavy atom. The Hall–Kier alpha value is -4.13. The molecular formula is C27H26N2O5. The zero-order valence-electron chi connectivity index (χ0n) is 19.6. The van der Waals surface area contributed by atoms with Gasteiger partial charge < -0.3 is 14.2 Å². The van der Waals surface area contributed by atoms with Gasteiger partial charge in [-0.3, -0.25) is 4.79 Å². The highest BCUT2D eigenvalue weighted by Gasteiger charge is 2.33. The number of carbonyl (C=O) groups excluding carboxylic acids is 2. The molecule has 1 aliphatic rings. The van der Waals surface area contributed by atoms with E-state index in [2.05, 4.69) is 5.10 Å². The van der Waals surface area contributed by atoms with Crippen LogP contribution < -0.4 is 14.2 Å². The molecule has 7 nitrogen and oxygen atoms in total. The first kappa shape index (κ1) is 23.0. The number of hydrogen-bond acceptors (Lipinski definition) is 6. The number of methoxy groups -OCH3 is 2. The standard InChI is InChI=1S/C27H26N2O5/c1-17-5-7-20(8-6-17)27(31)34-26-15-22(33-4)13-14-23(26)24-16-25(29(28-24)18(2)30)19-9-11-21(32-3)12-10-19/h5-15,25H,16H2,1-4H3/t25-/m0/s1. The summed E-state index contributed by atoms with van der Waals surface area (Å²) in [5.74, 6) is 0.940. The lowest BCUT2D eigenvalue weighted by atomic mass is 9.97. The van der Waals surface area contributed by atoms with Crippen molar-refractivity contribution in [1.29, 1.82) is 0 Å². The van der Waals surface area contributed by atoms with E-state index in [0.29, 0.717) is 34.8 Å². The highest BCUT2D eigenvalue weighted by molar-refractivity contribution is 6.06. The number of carbonyl (C=O) groups is 2. The largest absolute Gasteiger partial charge is 0.497 e. The van der Waals surface area contributed by atoms with E-state index < -0.39 is 5.97 Å². The predicted molar refractivity (Wildman–Crippen MR) is 129 cm³/mol. The molecule has 0 spiro atoms. The fourth-order valence-electron chi connectivity index (χ4n) is 3.85. The summed E-state index contributed by atoms with van der Waals surface area (Å²) >= 11 is 0. The molecule has 0 fully saturated rings. The number of hydrazone groups is 1. The lowest BCUT2D eigenvalue weighted by Crippen LogP contribution is -2.24. The number of esters is 1. The SMILES string of the molecule is COc1ccc([C@@H]2CC(c3ccc(OC)cc3OC(=O)c3ccc(C)cc3)=NN2C(C)=O)cc1. The second-order valence-corrected chi connectivity index (χ2v) is 8.02. The maximum absolute atomic E-state index is 12.8. The van der Waals surface area contributed by atoms with Gasteiger partial charge in [-0.2, -0.15) is 5.10 Å². The van der Waals surface area contributed by atoms with Crippen molar-refractivity contribution in [3.63, 3.8) is 0 Å². The van der Waals surface area contributed by atoms with Crippen LogP contribution >= 0.6 is 0 Å². The summed E-state index contributed by atoms with van der Waals surface area (Å²) in [5, 5.41) is 6.07. The van der Waals surface area contributed by atoms with Crippen molar-refractivity contribution in [2.45, 2.75) is 26.3 Å². The van der Waals surface area contributed by atoms with Crippen LogP contribution in [0, 0.1) is 6.92 Å². The zero-order chi connectivity index (χ0) is 24.2. The fraction of sp³-hybridized carbons (Fsp3) is 0.222. The van der Waals surface area contributed by atoms with Gasteiger partial charge in [-0.15, -0.1) is 0 Å². The Morgan fingerprint density at radius 1 is 0.912 bits per heavy atom. The molecule has 4 rings (SSSR count). The van der Waals surface area contributed by atoms with Crippen LogP contribution in [0.3, 0.4) is 0 Å². The zero-order valence-corrected chi connectivity index (χ0v) is 19.6. The van der Waals surface area contributed by atoms with Gasteiger partial charge in [0.2, 0.25) is 5.91 Å². The van der Waals surface area contributed by atoms with Gasteiger partial charge in [0.25, 0.3) is 0 Å². The van der Waals surface area contributed by atoms with E-state index in [9.17, 15) is 9.59 Å². The number of aryl methyl sites for hydroxylation is 1. The molecule has 34 heavy (non-hydrogen) atoms. The number of nitrogens with zero attached hydrogens (tertiary/aromatic N) is 2. The second kappa shape index (κ2) is 9.79.